The van der Waals surface area contributed by atoms with E-state index >= 15 is 0 Å². The van der Waals surface area contributed by atoms with Crippen LogP contribution < -0.4 is 0 Å². The van der Waals surface area contributed by atoms with Crippen molar-refractivity contribution >= 4 is 12.0 Å². The first-order valence-corrected chi connectivity index (χ1v) is 4.59. The van der Waals surface area contributed by atoms with Crippen molar-refractivity contribution in [2.24, 2.45) is 0 Å². The summed E-state index contributed by atoms with van der Waals surface area (Å²) in [4.78, 5) is 10.1. The highest BCUT2D eigenvalue weighted by Crippen LogP contribution is 2.08. The van der Waals surface area contributed by atoms with E-state index in [1.165, 1.54) is 0 Å². The molecule has 0 saturated heterocycles. The summed E-state index contributed by atoms with van der Waals surface area (Å²) in [5, 5.41) is 16.2. The van der Waals surface area contributed by atoms with Crippen LogP contribution in [0.3, 0.4) is 0 Å². The molecule has 0 fully saturated rings. The molecule has 0 heterocycles. The van der Waals surface area contributed by atoms with Crippen LogP contribution >= 0.6 is 0 Å². The SMILES string of the molecule is N=C(C=O)/C=C(\O)COCC1=CCC=C1. The van der Waals surface area contributed by atoms with E-state index in [1.54, 1.807) is 0 Å². The molecule has 0 spiro atoms. The standard InChI is InChI=1S/C11H13NO3/c12-10(6-13)5-11(14)8-15-7-9-3-1-2-4-9/h1,3-6,12,14H,2,7-8H2/b11-5-,12-10?. The molecule has 2 N–H and O–H groups in total. The minimum absolute atomic E-state index is 0.0153. The van der Waals surface area contributed by atoms with Crippen LogP contribution in [-0.4, -0.2) is 30.3 Å². The van der Waals surface area contributed by atoms with Crippen molar-refractivity contribution in [3.63, 3.8) is 0 Å². The maximum atomic E-state index is 10.1. The Hall–Kier alpha value is -1.68. The van der Waals surface area contributed by atoms with E-state index < -0.39 is 0 Å². The smallest absolute Gasteiger partial charge is 0.167 e. The third-order valence-electron chi connectivity index (χ3n) is 1.82. The minimum Gasteiger partial charge on any atom is -0.510 e. The Labute approximate surface area is 88.1 Å². The van der Waals surface area contributed by atoms with Gasteiger partial charge in [-0.05, 0) is 12.0 Å². The molecule has 1 rings (SSSR count). The predicted molar refractivity (Wildman–Crippen MR) is 57.2 cm³/mol. The fourth-order valence-electron chi connectivity index (χ4n) is 1.14. The molecule has 0 saturated carbocycles. The van der Waals surface area contributed by atoms with Gasteiger partial charge in [0.25, 0.3) is 0 Å². The zero-order valence-electron chi connectivity index (χ0n) is 8.27. The largest absolute Gasteiger partial charge is 0.510 e. The highest BCUT2D eigenvalue weighted by molar-refractivity contribution is 6.32. The lowest BCUT2D eigenvalue weighted by molar-refractivity contribution is -0.102. The van der Waals surface area contributed by atoms with Crippen molar-refractivity contribution in [3.05, 3.63) is 35.6 Å². The van der Waals surface area contributed by atoms with E-state index in [0.29, 0.717) is 12.9 Å². The van der Waals surface area contributed by atoms with Gasteiger partial charge in [0.1, 0.15) is 12.4 Å². The summed E-state index contributed by atoms with van der Waals surface area (Å²) in [6, 6.07) is 0. The predicted octanol–water partition coefficient (Wildman–Crippen LogP) is 1.55. The van der Waals surface area contributed by atoms with Crippen molar-refractivity contribution in [2.75, 3.05) is 13.2 Å². The number of ether oxygens (including phenoxy) is 1. The third kappa shape index (κ3) is 4.37. The second kappa shape index (κ2) is 5.93. The topological polar surface area (TPSA) is 70.4 Å². The summed E-state index contributed by atoms with van der Waals surface area (Å²) in [6.07, 6.45) is 8.39. The third-order valence-corrected chi connectivity index (χ3v) is 1.82. The number of nitrogens with one attached hydrogen (secondary N) is 1. The van der Waals surface area contributed by atoms with Crippen molar-refractivity contribution in [2.45, 2.75) is 6.42 Å². The summed E-state index contributed by atoms with van der Waals surface area (Å²) in [6.45, 7) is 0.449. The molecule has 1 aliphatic carbocycles. The molecular weight excluding hydrogens is 194 g/mol. The number of aliphatic hydroxyl groups excluding tert-OH is 1. The van der Waals surface area contributed by atoms with Crippen LogP contribution in [0.25, 0.3) is 0 Å². The first-order chi connectivity index (χ1) is 7.22. The first-order valence-electron chi connectivity index (χ1n) is 4.59. The van der Waals surface area contributed by atoms with Crippen LogP contribution in [0.2, 0.25) is 0 Å². The number of aldehydes is 1. The molecule has 0 aliphatic heterocycles. The highest BCUT2D eigenvalue weighted by atomic mass is 16.5. The van der Waals surface area contributed by atoms with Gasteiger partial charge in [0.15, 0.2) is 6.29 Å². The molecule has 0 aromatic heterocycles. The van der Waals surface area contributed by atoms with E-state index in [-0.39, 0.29) is 18.1 Å². The molecule has 4 heteroatoms. The number of allylic oxidation sites excluding steroid dienone is 3. The Kier molecular flexibility index (Phi) is 4.50. The number of hydrogen-bond donors (Lipinski definition) is 2. The van der Waals surface area contributed by atoms with Gasteiger partial charge in [0.05, 0.1) is 12.3 Å². The second-order valence-corrected chi connectivity index (χ2v) is 3.12. The van der Waals surface area contributed by atoms with E-state index in [4.69, 9.17) is 10.1 Å². The Morgan fingerprint density at radius 2 is 2.47 bits per heavy atom. The molecule has 0 aromatic rings. The van der Waals surface area contributed by atoms with Crippen molar-refractivity contribution in [3.8, 4) is 0 Å². The van der Waals surface area contributed by atoms with E-state index in [0.717, 1.165) is 18.1 Å². The monoisotopic (exact) mass is 207 g/mol. The lowest BCUT2D eigenvalue weighted by atomic mass is 10.3. The first kappa shape index (κ1) is 11.4. The summed E-state index contributed by atoms with van der Waals surface area (Å²) in [7, 11) is 0. The lowest BCUT2D eigenvalue weighted by Gasteiger charge is -2.02. The highest BCUT2D eigenvalue weighted by Gasteiger charge is 2.00. The number of rotatable bonds is 6. The van der Waals surface area contributed by atoms with Gasteiger partial charge < -0.3 is 9.84 Å². The molecule has 0 radical (unpaired) electrons. The molecule has 0 bridgehead atoms. The lowest BCUT2D eigenvalue weighted by Crippen LogP contribution is -2.03. The van der Waals surface area contributed by atoms with Gasteiger partial charge in [-0.2, -0.15) is 0 Å². The van der Waals surface area contributed by atoms with Gasteiger partial charge in [-0.15, -0.1) is 0 Å². The van der Waals surface area contributed by atoms with E-state index in [1.807, 2.05) is 18.2 Å². The Balaban J connectivity index is 2.24. The van der Waals surface area contributed by atoms with Gasteiger partial charge in [0.2, 0.25) is 0 Å². The molecule has 0 aromatic carbocycles. The summed E-state index contributed by atoms with van der Waals surface area (Å²) >= 11 is 0. The normalized spacial score (nSPS) is 15.2. The number of hydrogen-bond acceptors (Lipinski definition) is 4. The van der Waals surface area contributed by atoms with E-state index in [9.17, 15) is 9.90 Å². The van der Waals surface area contributed by atoms with Crippen LogP contribution in [0.15, 0.2) is 35.6 Å². The fourth-order valence-corrected chi connectivity index (χ4v) is 1.14. The molecule has 4 nitrogen and oxygen atoms in total. The Morgan fingerprint density at radius 1 is 1.67 bits per heavy atom. The Bertz CT molecular complexity index is 340. The van der Waals surface area contributed by atoms with Gasteiger partial charge in [0, 0.05) is 6.08 Å². The zero-order valence-corrected chi connectivity index (χ0v) is 8.27. The van der Waals surface area contributed by atoms with Crippen LogP contribution in [-0.2, 0) is 9.53 Å². The van der Waals surface area contributed by atoms with Crippen molar-refractivity contribution in [1.29, 1.82) is 5.41 Å². The number of carbonyl (C=O) groups is 1. The average molecular weight is 207 g/mol. The average Bonchev–Trinajstić information content (AvgIpc) is 2.70. The zero-order chi connectivity index (χ0) is 11.1. The van der Waals surface area contributed by atoms with Crippen LogP contribution in [0, 0.1) is 5.41 Å². The molecule has 0 amide bonds. The summed E-state index contributed by atoms with van der Waals surface area (Å²) in [5.41, 5.74) is 0.810. The molecule has 0 unspecified atom stereocenters. The maximum absolute atomic E-state index is 10.1. The van der Waals surface area contributed by atoms with Gasteiger partial charge in [-0.1, -0.05) is 18.2 Å². The van der Waals surface area contributed by atoms with Gasteiger partial charge in [-0.25, -0.2) is 0 Å². The number of aliphatic hydroxyl groups is 1. The molecular formula is C11H13NO3. The molecule has 1 aliphatic rings. The molecule has 15 heavy (non-hydrogen) atoms. The second-order valence-electron chi connectivity index (χ2n) is 3.12. The minimum atomic E-state index is -0.268. The van der Waals surface area contributed by atoms with Crippen LogP contribution in [0.1, 0.15) is 6.42 Å². The number of carbonyl (C=O) groups excluding carboxylic acids is 1. The van der Waals surface area contributed by atoms with Crippen LogP contribution in [0.4, 0.5) is 0 Å². The van der Waals surface area contributed by atoms with Gasteiger partial charge in [-0.3, -0.25) is 10.2 Å². The summed E-state index contributed by atoms with van der Waals surface area (Å²) < 4.78 is 5.17. The quantitative estimate of drug-likeness (QED) is 0.394. The van der Waals surface area contributed by atoms with Crippen molar-refractivity contribution in [1.82, 2.24) is 0 Å². The molecule has 80 valence electrons. The summed E-state index contributed by atoms with van der Waals surface area (Å²) in [5.74, 6) is -0.116. The van der Waals surface area contributed by atoms with E-state index in [2.05, 4.69) is 0 Å². The fraction of sp³-hybridized carbons (Fsp3) is 0.273. The van der Waals surface area contributed by atoms with Gasteiger partial charge >= 0.3 is 0 Å². The maximum Gasteiger partial charge on any atom is 0.167 e. The van der Waals surface area contributed by atoms with Crippen LogP contribution in [0.5, 0.6) is 0 Å². The van der Waals surface area contributed by atoms with Crippen molar-refractivity contribution < 1.29 is 14.6 Å². The Morgan fingerprint density at radius 3 is 3.07 bits per heavy atom. The molecule has 0 atom stereocenters.